The third-order valence-electron chi connectivity index (χ3n) is 3.90. The molecule has 2 aromatic rings. The fraction of sp³-hybridized carbons (Fsp3) is 0.412. The van der Waals surface area contributed by atoms with Crippen LogP contribution in [0, 0.1) is 11.3 Å². The topological polar surface area (TPSA) is 63.2 Å². The van der Waals surface area contributed by atoms with E-state index in [-0.39, 0.29) is 12.4 Å². The van der Waals surface area contributed by atoms with E-state index >= 15 is 0 Å². The predicted octanol–water partition coefficient (Wildman–Crippen LogP) is 3.31. The van der Waals surface area contributed by atoms with Crippen LogP contribution in [0.1, 0.15) is 36.0 Å². The lowest BCUT2D eigenvalue weighted by atomic mass is 10.0. The number of carbonyl (C=O) groups is 1. The van der Waals surface area contributed by atoms with Crippen LogP contribution in [0.4, 0.5) is 0 Å². The Bertz CT molecular complexity index is 709. The highest BCUT2D eigenvalue weighted by Crippen LogP contribution is 2.30. The fourth-order valence-corrected chi connectivity index (χ4v) is 2.83. The van der Waals surface area contributed by atoms with E-state index in [2.05, 4.69) is 12.1 Å². The zero-order valence-electron chi connectivity index (χ0n) is 11.9. The van der Waals surface area contributed by atoms with Gasteiger partial charge in [0.25, 0.3) is 0 Å². The van der Waals surface area contributed by atoms with Gasteiger partial charge in [-0.05, 0) is 48.9 Å². The molecule has 4 nitrogen and oxygen atoms in total. The van der Waals surface area contributed by atoms with Crippen LogP contribution in [0.5, 0.6) is 0 Å². The van der Waals surface area contributed by atoms with Crippen molar-refractivity contribution in [1.82, 2.24) is 0 Å². The Morgan fingerprint density at radius 1 is 1.33 bits per heavy atom. The Balaban J connectivity index is 1.70. The average molecular weight is 283 g/mol. The van der Waals surface area contributed by atoms with Crippen LogP contribution in [-0.4, -0.2) is 12.6 Å². The van der Waals surface area contributed by atoms with Gasteiger partial charge in [-0.25, -0.2) is 0 Å². The normalized spacial score (nSPS) is 13.1. The number of furan rings is 1. The summed E-state index contributed by atoms with van der Waals surface area (Å²) in [6.07, 6.45) is 6.28. The first kappa shape index (κ1) is 13.7. The summed E-state index contributed by atoms with van der Waals surface area (Å²) in [6.45, 7) is 0.303. The molecule has 0 aliphatic heterocycles. The number of esters is 1. The molecule has 4 heteroatoms. The summed E-state index contributed by atoms with van der Waals surface area (Å²) < 4.78 is 10.7. The molecule has 3 rings (SSSR count). The summed E-state index contributed by atoms with van der Waals surface area (Å²) in [4.78, 5) is 11.8. The van der Waals surface area contributed by atoms with Crippen molar-refractivity contribution in [2.24, 2.45) is 0 Å². The quantitative estimate of drug-likeness (QED) is 0.624. The molecule has 0 fully saturated rings. The molecule has 1 heterocycles. The van der Waals surface area contributed by atoms with E-state index in [0.717, 1.165) is 29.4 Å². The molecule has 0 radical (unpaired) electrons. The lowest BCUT2D eigenvalue weighted by Crippen LogP contribution is -2.08. The molecule has 0 atom stereocenters. The number of fused-ring (bicyclic) bond motifs is 2. The van der Waals surface area contributed by atoms with Crippen LogP contribution in [0.2, 0.25) is 0 Å². The SMILES string of the molecule is N#CCCCOC(=O)Cc1coc2cc3c(cc12)CCC3. The Morgan fingerprint density at radius 3 is 2.95 bits per heavy atom. The maximum Gasteiger partial charge on any atom is 0.310 e. The second-order valence-electron chi connectivity index (χ2n) is 5.39. The molecular weight excluding hydrogens is 266 g/mol. The molecule has 108 valence electrons. The first-order valence-electron chi connectivity index (χ1n) is 7.32. The van der Waals surface area contributed by atoms with Gasteiger partial charge in [-0.15, -0.1) is 0 Å². The summed E-state index contributed by atoms with van der Waals surface area (Å²) in [5.74, 6) is -0.267. The van der Waals surface area contributed by atoms with E-state index in [9.17, 15) is 4.79 Å². The van der Waals surface area contributed by atoms with Gasteiger partial charge in [-0.1, -0.05) is 0 Å². The molecule has 1 aliphatic rings. The molecule has 1 aliphatic carbocycles. The lowest BCUT2D eigenvalue weighted by Gasteiger charge is -2.03. The highest BCUT2D eigenvalue weighted by Gasteiger charge is 2.17. The Labute approximate surface area is 123 Å². The lowest BCUT2D eigenvalue weighted by molar-refractivity contribution is -0.142. The number of unbranched alkanes of at least 4 members (excludes halogenated alkanes) is 1. The largest absolute Gasteiger partial charge is 0.465 e. The minimum absolute atomic E-state index is 0.221. The van der Waals surface area contributed by atoms with E-state index in [1.165, 1.54) is 17.5 Å². The minimum atomic E-state index is -0.267. The minimum Gasteiger partial charge on any atom is -0.465 e. The van der Waals surface area contributed by atoms with Crippen molar-refractivity contribution in [3.63, 3.8) is 0 Å². The van der Waals surface area contributed by atoms with Crippen molar-refractivity contribution in [1.29, 1.82) is 5.26 Å². The van der Waals surface area contributed by atoms with E-state index in [0.29, 0.717) is 19.4 Å². The first-order chi connectivity index (χ1) is 10.3. The second kappa shape index (κ2) is 6.01. The number of nitrogens with zero attached hydrogens (tertiary/aromatic N) is 1. The van der Waals surface area contributed by atoms with Gasteiger partial charge in [0.2, 0.25) is 0 Å². The highest BCUT2D eigenvalue weighted by molar-refractivity contribution is 5.87. The molecule has 21 heavy (non-hydrogen) atoms. The average Bonchev–Trinajstić information content (AvgIpc) is 3.08. The van der Waals surface area contributed by atoms with Crippen molar-refractivity contribution in [3.8, 4) is 6.07 Å². The van der Waals surface area contributed by atoms with Crippen LogP contribution in [0.25, 0.3) is 11.0 Å². The number of benzene rings is 1. The number of aryl methyl sites for hydroxylation is 2. The summed E-state index contributed by atoms with van der Waals surface area (Å²) in [5, 5.41) is 9.45. The van der Waals surface area contributed by atoms with Crippen molar-refractivity contribution in [2.75, 3.05) is 6.61 Å². The number of rotatable bonds is 5. The molecule has 0 amide bonds. The summed E-state index contributed by atoms with van der Waals surface area (Å²) >= 11 is 0. The van der Waals surface area contributed by atoms with Crippen LogP contribution >= 0.6 is 0 Å². The van der Waals surface area contributed by atoms with Gasteiger partial charge in [-0.3, -0.25) is 4.79 Å². The maximum atomic E-state index is 11.8. The van der Waals surface area contributed by atoms with Crippen molar-refractivity contribution in [2.45, 2.75) is 38.5 Å². The number of hydrogen-bond donors (Lipinski definition) is 0. The van der Waals surface area contributed by atoms with Crippen LogP contribution in [0.15, 0.2) is 22.8 Å². The van der Waals surface area contributed by atoms with Gasteiger partial charge < -0.3 is 9.15 Å². The molecule has 1 aromatic heterocycles. The first-order valence-corrected chi connectivity index (χ1v) is 7.32. The molecule has 0 saturated carbocycles. The second-order valence-corrected chi connectivity index (χ2v) is 5.39. The number of ether oxygens (including phenoxy) is 1. The van der Waals surface area contributed by atoms with Gasteiger partial charge >= 0.3 is 5.97 Å². The van der Waals surface area contributed by atoms with E-state index in [1.807, 2.05) is 6.07 Å². The monoisotopic (exact) mass is 283 g/mol. The van der Waals surface area contributed by atoms with Crippen LogP contribution in [0.3, 0.4) is 0 Å². The Kier molecular flexibility index (Phi) is 3.92. The molecular formula is C17H17NO3. The van der Waals surface area contributed by atoms with Crippen LogP contribution in [-0.2, 0) is 28.8 Å². The van der Waals surface area contributed by atoms with Gasteiger partial charge in [0, 0.05) is 17.4 Å². The van der Waals surface area contributed by atoms with Gasteiger partial charge in [0.15, 0.2) is 0 Å². The zero-order chi connectivity index (χ0) is 14.7. The van der Waals surface area contributed by atoms with E-state index in [1.54, 1.807) is 6.26 Å². The third-order valence-corrected chi connectivity index (χ3v) is 3.90. The van der Waals surface area contributed by atoms with E-state index in [4.69, 9.17) is 14.4 Å². The van der Waals surface area contributed by atoms with Gasteiger partial charge in [-0.2, -0.15) is 5.26 Å². The van der Waals surface area contributed by atoms with Crippen LogP contribution < -0.4 is 0 Å². The highest BCUT2D eigenvalue weighted by atomic mass is 16.5. The summed E-state index contributed by atoms with van der Waals surface area (Å²) in [6, 6.07) is 6.28. The number of hydrogen-bond acceptors (Lipinski definition) is 4. The third kappa shape index (κ3) is 2.92. The molecule has 0 spiro atoms. The summed E-state index contributed by atoms with van der Waals surface area (Å²) in [7, 11) is 0. The molecule has 0 N–H and O–H groups in total. The fourth-order valence-electron chi connectivity index (χ4n) is 2.83. The predicted molar refractivity (Wildman–Crippen MR) is 77.7 cm³/mol. The van der Waals surface area contributed by atoms with Crippen molar-refractivity contribution < 1.29 is 13.9 Å². The van der Waals surface area contributed by atoms with Crippen molar-refractivity contribution in [3.05, 3.63) is 35.1 Å². The van der Waals surface area contributed by atoms with Gasteiger partial charge in [0.05, 0.1) is 25.4 Å². The summed E-state index contributed by atoms with van der Waals surface area (Å²) in [5.41, 5.74) is 4.46. The standard InChI is InChI=1S/C17H17NO3/c18-6-1-2-7-20-17(19)10-14-11-21-16-9-13-5-3-4-12(13)8-15(14)16/h8-9,11H,1-5,7,10H2. The number of carbonyl (C=O) groups excluding carboxylic acids is 1. The number of nitriles is 1. The van der Waals surface area contributed by atoms with E-state index < -0.39 is 0 Å². The molecule has 1 aromatic carbocycles. The zero-order valence-corrected chi connectivity index (χ0v) is 11.9. The molecule has 0 bridgehead atoms. The van der Waals surface area contributed by atoms with Crippen molar-refractivity contribution >= 4 is 16.9 Å². The molecule has 0 saturated heterocycles. The Hall–Kier alpha value is -2.28. The Morgan fingerprint density at radius 2 is 2.14 bits per heavy atom. The maximum absolute atomic E-state index is 11.8. The van der Waals surface area contributed by atoms with Gasteiger partial charge in [0.1, 0.15) is 5.58 Å². The smallest absolute Gasteiger partial charge is 0.310 e. The molecule has 0 unspecified atom stereocenters.